The van der Waals surface area contributed by atoms with Crippen LogP contribution in [0.3, 0.4) is 0 Å². The van der Waals surface area contributed by atoms with Gasteiger partial charge in [-0.2, -0.15) is 0 Å². The number of ether oxygens (including phenoxy) is 1. The lowest BCUT2D eigenvalue weighted by atomic mass is 9.64. The zero-order chi connectivity index (χ0) is 18.6. The summed E-state index contributed by atoms with van der Waals surface area (Å²) >= 11 is 5.99. The molecule has 1 amide bonds. The zero-order valence-corrected chi connectivity index (χ0v) is 16.1. The maximum atomic E-state index is 13.0. The fraction of sp³-hybridized carbons (Fsp3) is 0.381. The Hall–Kier alpha value is -2.04. The fourth-order valence-electron chi connectivity index (χ4n) is 3.18. The summed E-state index contributed by atoms with van der Waals surface area (Å²) in [4.78, 5) is 15.0. The lowest BCUT2D eigenvalue weighted by Gasteiger charge is -2.40. The van der Waals surface area contributed by atoms with E-state index in [-0.39, 0.29) is 5.91 Å². The van der Waals surface area contributed by atoms with Crippen LogP contribution in [-0.2, 0) is 10.2 Å². The summed E-state index contributed by atoms with van der Waals surface area (Å²) in [7, 11) is 4.03. The van der Waals surface area contributed by atoms with Crippen LogP contribution in [0.2, 0.25) is 5.02 Å². The molecule has 0 aliphatic heterocycles. The van der Waals surface area contributed by atoms with Crippen LogP contribution < -0.4 is 10.1 Å². The largest absolute Gasteiger partial charge is 0.492 e. The van der Waals surface area contributed by atoms with Gasteiger partial charge in [-0.3, -0.25) is 4.79 Å². The van der Waals surface area contributed by atoms with Crippen molar-refractivity contribution in [2.24, 2.45) is 0 Å². The summed E-state index contributed by atoms with van der Waals surface area (Å²) in [6.45, 7) is 1.50. The lowest BCUT2D eigenvalue weighted by molar-refractivity contribution is -0.124. The molecule has 2 aromatic rings. The summed E-state index contributed by atoms with van der Waals surface area (Å²) in [6, 6.07) is 15.2. The second-order valence-corrected chi connectivity index (χ2v) is 7.51. The van der Waals surface area contributed by atoms with Crippen molar-refractivity contribution in [3.63, 3.8) is 0 Å². The van der Waals surface area contributed by atoms with Crippen molar-refractivity contribution in [1.29, 1.82) is 0 Å². The van der Waals surface area contributed by atoms with Gasteiger partial charge in [0, 0.05) is 17.3 Å². The average molecular weight is 373 g/mol. The van der Waals surface area contributed by atoms with Gasteiger partial charge in [-0.1, -0.05) is 30.2 Å². The Balaban J connectivity index is 1.64. The van der Waals surface area contributed by atoms with Gasteiger partial charge in [0.05, 0.1) is 5.41 Å². The molecule has 5 heteroatoms. The number of anilines is 1. The molecule has 0 unspecified atom stereocenters. The van der Waals surface area contributed by atoms with Crippen molar-refractivity contribution in [3.05, 3.63) is 59.1 Å². The third-order valence-electron chi connectivity index (χ3n) is 4.96. The third kappa shape index (κ3) is 4.19. The number of carbonyl (C=O) groups is 1. The van der Waals surface area contributed by atoms with Gasteiger partial charge in [0.1, 0.15) is 12.4 Å². The van der Waals surface area contributed by atoms with Crippen molar-refractivity contribution >= 4 is 23.2 Å². The van der Waals surface area contributed by atoms with E-state index in [0.29, 0.717) is 11.6 Å². The molecule has 1 saturated carbocycles. The molecule has 2 aromatic carbocycles. The molecule has 0 aromatic heterocycles. The molecule has 1 N–H and O–H groups in total. The molecule has 1 fully saturated rings. The van der Waals surface area contributed by atoms with E-state index >= 15 is 0 Å². The molecule has 138 valence electrons. The van der Waals surface area contributed by atoms with E-state index < -0.39 is 5.41 Å². The second kappa shape index (κ2) is 8.11. The lowest BCUT2D eigenvalue weighted by Crippen LogP contribution is -2.45. The Kier molecular flexibility index (Phi) is 5.84. The molecule has 26 heavy (non-hydrogen) atoms. The minimum Gasteiger partial charge on any atom is -0.492 e. The minimum absolute atomic E-state index is 0.0485. The number of benzene rings is 2. The normalized spacial score (nSPS) is 15.4. The topological polar surface area (TPSA) is 41.6 Å². The standard InChI is InChI=1S/C21H25ClN2O2/c1-24(2)14-15-26-19-10-8-18(9-11-19)23-20(25)21(12-3-13-21)16-4-6-17(22)7-5-16/h4-11H,3,12-15H2,1-2H3,(H,23,25). The highest BCUT2D eigenvalue weighted by molar-refractivity contribution is 6.30. The Labute approximate surface area is 160 Å². The van der Waals surface area contributed by atoms with E-state index in [1.54, 1.807) is 0 Å². The van der Waals surface area contributed by atoms with E-state index in [4.69, 9.17) is 16.3 Å². The Morgan fingerprint density at radius 3 is 2.31 bits per heavy atom. The Morgan fingerprint density at radius 2 is 1.77 bits per heavy atom. The summed E-state index contributed by atoms with van der Waals surface area (Å²) < 4.78 is 5.69. The van der Waals surface area contributed by atoms with Crippen LogP contribution >= 0.6 is 11.6 Å². The number of nitrogens with one attached hydrogen (secondary N) is 1. The van der Waals surface area contributed by atoms with Crippen LogP contribution in [0, 0.1) is 0 Å². The molecule has 0 bridgehead atoms. The van der Waals surface area contributed by atoms with E-state index in [1.807, 2.05) is 62.6 Å². The van der Waals surface area contributed by atoms with Crippen molar-refractivity contribution in [2.75, 3.05) is 32.6 Å². The molecule has 0 atom stereocenters. The summed E-state index contributed by atoms with van der Waals surface area (Å²) in [5, 5.41) is 3.75. The number of halogens is 1. The molecule has 4 nitrogen and oxygen atoms in total. The van der Waals surface area contributed by atoms with Gasteiger partial charge >= 0.3 is 0 Å². The number of nitrogens with zero attached hydrogens (tertiary/aromatic N) is 1. The zero-order valence-electron chi connectivity index (χ0n) is 15.3. The Bertz CT molecular complexity index is 738. The second-order valence-electron chi connectivity index (χ2n) is 7.07. The first kappa shape index (κ1) is 18.7. The highest BCUT2D eigenvalue weighted by atomic mass is 35.5. The molecule has 0 heterocycles. The van der Waals surface area contributed by atoms with Crippen LogP contribution in [0.15, 0.2) is 48.5 Å². The fourth-order valence-corrected chi connectivity index (χ4v) is 3.30. The van der Waals surface area contributed by atoms with Gasteiger partial charge in [0.2, 0.25) is 5.91 Å². The van der Waals surface area contributed by atoms with Gasteiger partial charge < -0.3 is 15.0 Å². The summed E-state index contributed by atoms with van der Waals surface area (Å²) in [5.41, 5.74) is 1.38. The summed E-state index contributed by atoms with van der Waals surface area (Å²) in [6.07, 6.45) is 2.80. The molecule has 0 spiro atoms. The molecule has 1 aliphatic carbocycles. The third-order valence-corrected chi connectivity index (χ3v) is 5.21. The van der Waals surface area contributed by atoms with E-state index in [9.17, 15) is 4.79 Å². The number of carbonyl (C=O) groups excluding carboxylic acids is 1. The maximum Gasteiger partial charge on any atom is 0.235 e. The number of amides is 1. The van der Waals surface area contributed by atoms with E-state index in [0.717, 1.165) is 42.8 Å². The quantitative estimate of drug-likeness (QED) is 0.786. The first-order chi connectivity index (χ1) is 12.5. The van der Waals surface area contributed by atoms with Gasteiger partial charge in [-0.15, -0.1) is 0 Å². The van der Waals surface area contributed by atoms with Gasteiger partial charge in [-0.05, 0) is 68.9 Å². The summed E-state index contributed by atoms with van der Waals surface area (Å²) in [5.74, 6) is 0.855. The highest BCUT2D eigenvalue weighted by Gasteiger charge is 2.45. The number of hydrogen-bond donors (Lipinski definition) is 1. The van der Waals surface area contributed by atoms with Crippen LogP contribution in [0.5, 0.6) is 5.75 Å². The molecule has 3 rings (SSSR count). The highest BCUT2D eigenvalue weighted by Crippen LogP contribution is 2.44. The maximum absolute atomic E-state index is 13.0. The van der Waals surface area contributed by atoms with Gasteiger partial charge in [0.15, 0.2) is 0 Å². The van der Waals surface area contributed by atoms with Crippen molar-refractivity contribution in [2.45, 2.75) is 24.7 Å². The van der Waals surface area contributed by atoms with Crippen LogP contribution in [0.25, 0.3) is 0 Å². The first-order valence-electron chi connectivity index (χ1n) is 8.95. The molecule has 0 radical (unpaired) electrons. The van der Waals surface area contributed by atoms with Crippen molar-refractivity contribution < 1.29 is 9.53 Å². The number of rotatable bonds is 7. The number of hydrogen-bond acceptors (Lipinski definition) is 3. The Morgan fingerprint density at radius 1 is 1.12 bits per heavy atom. The molecule has 0 saturated heterocycles. The van der Waals surface area contributed by atoms with E-state index in [1.165, 1.54) is 0 Å². The van der Waals surface area contributed by atoms with Crippen molar-refractivity contribution in [1.82, 2.24) is 4.90 Å². The molecular formula is C21H25ClN2O2. The molecular weight excluding hydrogens is 348 g/mol. The predicted molar refractivity (Wildman–Crippen MR) is 106 cm³/mol. The van der Waals surface area contributed by atoms with Gasteiger partial charge in [-0.25, -0.2) is 0 Å². The van der Waals surface area contributed by atoms with Crippen molar-refractivity contribution in [3.8, 4) is 5.75 Å². The van der Waals surface area contributed by atoms with Gasteiger partial charge in [0.25, 0.3) is 0 Å². The number of likely N-dealkylation sites (N-methyl/N-ethyl adjacent to an activating group) is 1. The van der Waals surface area contributed by atoms with E-state index in [2.05, 4.69) is 10.2 Å². The first-order valence-corrected chi connectivity index (χ1v) is 9.32. The average Bonchev–Trinajstić information content (AvgIpc) is 2.57. The predicted octanol–water partition coefficient (Wildman–Crippen LogP) is 4.34. The monoisotopic (exact) mass is 372 g/mol. The van der Waals surface area contributed by atoms with Crippen LogP contribution in [0.4, 0.5) is 5.69 Å². The van der Waals surface area contributed by atoms with Crippen LogP contribution in [0.1, 0.15) is 24.8 Å². The minimum atomic E-state index is -0.439. The molecule has 1 aliphatic rings. The smallest absolute Gasteiger partial charge is 0.235 e. The SMILES string of the molecule is CN(C)CCOc1ccc(NC(=O)C2(c3ccc(Cl)cc3)CCC2)cc1. The van der Waals surface area contributed by atoms with Crippen LogP contribution in [-0.4, -0.2) is 38.1 Å².